The van der Waals surface area contributed by atoms with E-state index in [1.807, 2.05) is 13.0 Å². The fraction of sp³-hybridized carbons (Fsp3) is 0.115. The largest absolute Gasteiger partial charge is 0.490 e. The summed E-state index contributed by atoms with van der Waals surface area (Å²) >= 11 is 2.13. The topological polar surface area (TPSA) is 117 Å². The van der Waals surface area contributed by atoms with Gasteiger partial charge in [0.2, 0.25) is 0 Å². The van der Waals surface area contributed by atoms with Crippen LogP contribution in [0.1, 0.15) is 44.3 Å². The van der Waals surface area contributed by atoms with Gasteiger partial charge in [-0.25, -0.2) is 9.59 Å². The summed E-state index contributed by atoms with van der Waals surface area (Å²) in [6.45, 7) is 2.49. The normalized spacial score (nSPS) is 10.9. The lowest BCUT2D eigenvalue weighted by Crippen LogP contribution is -2.03. The first-order valence-corrected chi connectivity index (χ1v) is 11.3. The molecule has 0 aliphatic rings. The quantitative estimate of drug-likeness (QED) is 0.192. The van der Waals surface area contributed by atoms with Gasteiger partial charge in [-0.3, -0.25) is 0 Å². The molecule has 7 nitrogen and oxygen atoms in total. The predicted octanol–water partition coefficient (Wildman–Crippen LogP) is 5.73. The molecule has 2 N–H and O–H groups in total. The lowest BCUT2D eigenvalue weighted by molar-refractivity contribution is 0.0686. The summed E-state index contributed by atoms with van der Waals surface area (Å²) in [4.78, 5) is 22.1. The van der Waals surface area contributed by atoms with Crippen LogP contribution < -0.4 is 9.47 Å². The minimum atomic E-state index is -1.03. The number of rotatable bonds is 9. The molecule has 3 rings (SSSR count). The minimum Gasteiger partial charge on any atom is -0.490 e. The number of carboxylic acids is 2. The summed E-state index contributed by atoms with van der Waals surface area (Å²) in [6, 6.07) is 18.3. The molecule has 0 atom stereocenters. The zero-order chi connectivity index (χ0) is 24.7. The van der Waals surface area contributed by atoms with Gasteiger partial charge in [0.15, 0.2) is 11.5 Å². The molecule has 34 heavy (non-hydrogen) atoms. The molecule has 0 spiro atoms. The molecule has 0 bridgehead atoms. The van der Waals surface area contributed by atoms with Crippen LogP contribution in [0.5, 0.6) is 11.5 Å². The molecular weight excluding hydrogens is 549 g/mol. The van der Waals surface area contributed by atoms with Gasteiger partial charge < -0.3 is 19.7 Å². The second-order valence-electron chi connectivity index (χ2n) is 7.11. The minimum absolute atomic E-state index is 0.147. The van der Waals surface area contributed by atoms with Crippen molar-refractivity contribution in [2.24, 2.45) is 0 Å². The molecule has 0 unspecified atom stereocenters. The van der Waals surface area contributed by atoms with Gasteiger partial charge in [0.25, 0.3) is 0 Å². The Morgan fingerprint density at radius 1 is 0.941 bits per heavy atom. The van der Waals surface area contributed by atoms with E-state index in [0.29, 0.717) is 29.2 Å². The molecule has 0 heterocycles. The summed E-state index contributed by atoms with van der Waals surface area (Å²) in [5.41, 5.74) is 2.87. The van der Waals surface area contributed by atoms with E-state index in [1.54, 1.807) is 36.4 Å². The van der Waals surface area contributed by atoms with Crippen molar-refractivity contribution in [3.63, 3.8) is 0 Å². The standard InChI is InChI=1S/C26H20INO6/c1-2-33-23-13-17(11-21(14-28)18-7-9-20(10-8-18)26(31)32)12-22(27)24(23)34-15-16-3-5-19(6-4-16)25(29)30/h3-13H,2,15H2,1H3,(H,29,30)(H,31,32)/b21-11-. The number of aromatic carboxylic acids is 2. The van der Waals surface area contributed by atoms with Crippen molar-refractivity contribution in [2.75, 3.05) is 6.61 Å². The third-order valence-corrected chi connectivity index (χ3v) is 5.59. The Kier molecular flexibility index (Phi) is 8.27. The van der Waals surface area contributed by atoms with Gasteiger partial charge in [0.05, 0.1) is 32.9 Å². The van der Waals surface area contributed by atoms with Gasteiger partial charge in [0.1, 0.15) is 6.61 Å². The van der Waals surface area contributed by atoms with Crippen LogP contribution in [0.2, 0.25) is 0 Å². The molecule has 3 aromatic rings. The molecule has 172 valence electrons. The first kappa shape index (κ1) is 24.8. The summed E-state index contributed by atoms with van der Waals surface area (Å²) in [5, 5.41) is 27.7. The monoisotopic (exact) mass is 569 g/mol. The zero-order valence-electron chi connectivity index (χ0n) is 18.1. The van der Waals surface area contributed by atoms with Crippen molar-refractivity contribution in [1.82, 2.24) is 0 Å². The average Bonchev–Trinajstić information content (AvgIpc) is 2.82. The van der Waals surface area contributed by atoms with Crippen LogP contribution in [0.15, 0.2) is 60.7 Å². The number of nitrogens with zero attached hydrogens (tertiary/aromatic N) is 1. The number of carboxylic acid groups (broad SMARTS) is 2. The Labute approximate surface area is 210 Å². The first-order valence-electron chi connectivity index (χ1n) is 10.2. The van der Waals surface area contributed by atoms with Crippen molar-refractivity contribution in [3.8, 4) is 17.6 Å². The van der Waals surface area contributed by atoms with Gasteiger partial charge in [0, 0.05) is 0 Å². The van der Waals surface area contributed by atoms with E-state index in [-0.39, 0.29) is 17.7 Å². The van der Waals surface area contributed by atoms with Gasteiger partial charge in [-0.05, 0) is 88.7 Å². The van der Waals surface area contributed by atoms with Crippen molar-refractivity contribution >= 4 is 46.2 Å². The van der Waals surface area contributed by atoms with Crippen LogP contribution in [0.4, 0.5) is 0 Å². The third kappa shape index (κ3) is 6.14. The second kappa shape index (κ2) is 11.3. The summed E-state index contributed by atoms with van der Waals surface area (Å²) in [7, 11) is 0. The molecule has 0 fully saturated rings. The maximum atomic E-state index is 11.1. The number of hydrogen-bond acceptors (Lipinski definition) is 5. The second-order valence-corrected chi connectivity index (χ2v) is 8.27. The smallest absolute Gasteiger partial charge is 0.335 e. The van der Waals surface area contributed by atoms with Crippen LogP contribution in [-0.2, 0) is 6.61 Å². The highest BCUT2D eigenvalue weighted by Crippen LogP contribution is 2.36. The third-order valence-electron chi connectivity index (χ3n) is 4.79. The molecule has 8 heteroatoms. The number of allylic oxidation sites excluding steroid dienone is 1. The van der Waals surface area contributed by atoms with Crippen molar-refractivity contribution < 1.29 is 29.3 Å². The van der Waals surface area contributed by atoms with E-state index in [9.17, 15) is 14.9 Å². The van der Waals surface area contributed by atoms with E-state index in [1.165, 1.54) is 24.3 Å². The first-order chi connectivity index (χ1) is 16.3. The Morgan fingerprint density at radius 2 is 1.50 bits per heavy atom. The number of ether oxygens (including phenoxy) is 2. The van der Waals surface area contributed by atoms with Gasteiger partial charge in [-0.15, -0.1) is 0 Å². The van der Waals surface area contributed by atoms with E-state index < -0.39 is 11.9 Å². The number of halogens is 1. The molecule has 0 saturated carbocycles. The Bertz CT molecular complexity index is 1270. The fourth-order valence-electron chi connectivity index (χ4n) is 3.11. The molecule has 0 radical (unpaired) electrons. The summed E-state index contributed by atoms with van der Waals surface area (Å²) in [6.07, 6.45) is 1.70. The van der Waals surface area contributed by atoms with Crippen LogP contribution in [0, 0.1) is 14.9 Å². The maximum absolute atomic E-state index is 11.1. The summed E-state index contributed by atoms with van der Waals surface area (Å²) < 4.78 is 12.5. The lowest BCUT2D eigenvalue weighted by Gasteiger charge is -2.15. The van der Waals surface area contributed by atoms with Gasteiger partial charge >= 0.3 is 11.9 Å². The molecule has 0 aliphatic heterocycles. The predicted molar refractivity (Wildman–Crippen MR) is 135 cm³/mol. The van der Waals surface area contributed by atoms with Crippen molar-refractivity contribution in [2.45, 2.75) is 13.5 Å². The molecule has 0 aliphatic carbocycles. The van der Waals surface area contributed by atoms with Gasteiger partial charge in [-0.2, -0.15) is 5.26 Å². The van der Waals surface area contributed by atoms with Crippen LogP contribution in [0.25, 0.3) is 11.6 Å². The van der Waals surface area contributed by atoms with E-state index in [2.05, 4.69) is 28.7 Å². The van der Waals surface area contributed by atoms with Crippen molar-refractivity contribution in [1.29, 1.82) is 5.26 Å². The molecule has 0 saturated heterocycles. The van der Waals surface area contributed by atoms with Crippen LogP contribution in [-0.4, -0.2) is 28.8 Å². The maximum Gasteiger partial charge on any atom is 0.335 e. The highest BCUT2D eigenvalue weighted by atomic mass is 127. The molecule has 3 aromatic carbocycles. The number of hydrogen-bond donors (Lipinski definition) is 2. The van der Waals surface area contributed by atoms with Crippen LogP contribution in [0.3, 0.4) is 0 Å². The highest BCUT2D eigenvalue weighted by molar-refractivity contribution is 14.1. The number of benzene rings is 3. The summed E-state index contributed by atoms with van der Waals surface area (Å²) in [5.74, 6) is -0.954. The number of carbonyl (C=O) groups is 2. The molecule has 0 amide bonds. The zero-order valence-corrected chi connectivity index (χ0v) is 20.3. The highest BCUT2D eigenvalue weighted by Gasteiger charge is 2.14. The SMILES string of the molecule is CCOc1cc(/C=C(/C#N)c2ccc(C(=O)O)cc2)cc(I)c1OCc1ccc(C(=O)O)cc1. The van der Waals surface area contributed by atoms with E-state index in [4.69, 9.17) is 19.7 Å². The lowest BCUT2D eigenvalue weighted by atomic mass is 10.0. The Balaban J connectivity index is 1.87. The Hall–Kier alpha value is -3.84. The molecular formula is C26H20INO6. The van der Waals surface area contributed by atoms with E-state index in [0.717, 1.165) is 14.7 Å². The molecule has 0 aromatic heterocycles. The average molecular weight is 569 g/mol. The Morgan fingerprint density at radius 3 is 2.03 bits per heavy atom. The van der Waals surface area contributed by atoms with E-state index >= 15 is 0 Å². The number of nitriles is 1. The van der Waals surface area contributed by atoms with Crippen LogP contribution >= 0.6 is 22.6 Å². The fourth-order valence-corrected chi connectivity index (χ4v) is 3.89. The van der Waals surface area contributed by atoms with Gasteiger partial charge in [-0.1, -0.05) is 24.3 Å². The van der Waals surface area contributed by atoms with Crippen molar-refractivity contribution in [3.05, 3.63) is 92.1 Å².